The van der Waals surface area contributed by atoms with Gasteiger partial charge in [0.25, 0.3) is 11.5 Å². The average Bonchev–Trinajstić information content (AvgIpc) is 3.40. The van der Waals surface area contributed by atoms with E-state index in [1.165, 1.54) is 4.57 Å². The number of para-hydroxylation sites is 1. The van der Waals surface area contributed by atoms with Crippen LogP contribution in [-0.2, 0) is 29.3 Å². The first kappa shape index (κ1) is 19.4. The van der Waals surface area contributed by atoms with Crippen LogP contribution in [0.2, 0.25) is 0 Å². The second-order valence-electron chi connectivity index (χ2n) is 6.70. The van der Waals surface area contributed by atoms with Crippen molar-refractivity contribution in [3.63, 3.8) is 0 Å². The van der Waals surface area contributed by atoms with Gasteiger partial charge in [0.1, 0.15) is 17.9 Å². The highest BCUT2D eigenvalue weighted by atomic mass is 16.5. The van der Waals surface area contributed by atoms with E-state index < -0.39 is 35.3 Å². The molecular weight excluding hydrogens is 392 g/mol. The third-order valence-electron chi connectivity index (χ3n) is 4.75. The predicted molar refractivity (Wildman–Crippen MR) is 103 cm³/mol. The van der Waals surface area contributed by atoms with Gasteiger partial charge in [-0.15, -0.1) is 0 Å². The Balaban J connectivity index is 1.72. The van der Waals surface area contributed by atoms with E-state index in [0.29, 0.717) is 17.0 Å². The van der Waals surface area contributed by atoms with Crippen LogP contribution < -0.4 is 10.9 Å². The number of carbonyl (C=O) groups is 2. The lowest BCUT2D eigenvalue weighted by Gasteiger charge is -2.14. The highest BCUT2D eigenvalue weighted by molar-refractivity contribution is 5.98. The SMILES string of the molecule is O=C(O)CNC(=O)c1c(O)c2c(n(Cc3ccn(-c4ccccc4)n3)c1=O)COC2. The highest BCUT2D eigenvalue weighted by Crippen LogP contribution is 2.30. The molecule has 3 N–H and O–H groups in total. The molecule has 0 radical (unpaired) electrons. The number of hydrogen-bond donors (Lipinski definition) is 3. The topological polar surface area (TPSA) is 136 Å². The summed E-state index contributed by atoms with van der Waals surface area (Å²) < 4.78 is 8.36. The summed E-state index contributed by atoms with van der Waals surface area (Å²) >= 11 is 0. The van der Waals surface area contributed by atoms with Gasteiger partial charge in [0.15, 0.2) is 0 Å². The molecule has 1 amide bonds. The lowest BCUT2D eigenvalue weighted by molar-refractivity contribution is -0.135. The summed E-state index contributed by atoms with van der Waals surface area (Å²) in [6, 6.07) is 11.2. The van der Waals surface area contributed by atoms with Crippen LogP contribution in [0, 0.1) is 0 Å². The molecule has 0 bridgehead atoms. The van der Waals surface area contributed by atoms with Gasteiger partial charge in [-0.05, 0) is 18.2 Å². The van der Waals surface area contributed by atoms with Crippen molar-refractivity contribution in [2.24, 2.45) is 0 Å². The number of rotatable bonds is 6. The fraction of sp³-hybridized carbons (Fsp3) is 0.200. The molecule has 154 valence electrons. The number of carbonyl (C=O) groups excluding carboxylic acids is 1. The van der Waals surface area contributed by atoms with E-state index in [1.807, 2.05) is 30.3 Å². The minimum Gasteiger partial charge on any atom is -0.506 e. The number of carboxylic acids is 1. The molecule has 4 rings (SSSR count). The van der Waals surface area contributed by atoms with Crippen LogP contribution in [0.15, 0.2) is 47.4 Å². The van der Waals surface area contributed by atoms with E-state index in [9.17, 15) is 19.5 Å². The van der Waals surface area contributed by atoms with E-state index in [2.05, 4.69) is 10.4 Å². The molecule has 2 aromatic heterocycles. The van der Waals surface area contributed by atoms with Crippen molar-refractivity contribution in [1.29, 1.82) is 0 Å². The summed E-state index contributed by atoms with van der Waals surface area (Å²) in [6.45, 7) is -0.468. The van der Waals surface area contributed by atoms with Gasteiger partial charge in [0.05, 0.1) is 36.8 Å². The molecule has 1 aliphatic heterocycles. The van der Waals surface area contributed by atoms with Crippen molar-refractivity contribution in [2.45, 2.75) is 19.8 Å². The summed E-state index contributed by atoms with van der Waals surface area (Å²) in [5.41, 5.74) is 0.956. The average molecular weight is 410 g/mol. The molecule has 1 aromatic carbocycles. The first-order chi connectivity index (χ1) is 14.5. The summed E-state index contributed by atoms with van der Waals surface area (Å²) in [5.74, 6) is -2.71. The molecule has 1 aliphatic rings. The molecule has 3 aromatic rings. The van der Waals surface area contributed by atoms with Gasteiger partial charge in [-0.1, -0.05) is 18.2 Å². The first-order valence-electron chi connectivity index (χ1n) is 9.11. The zero-order chi connectivity index (χ0) is 21.3. The molecule has 0 saturated heterocycles. The predicted octanol–water partition coefficient (Wildman–Crippen LogP) is 0.632. The number of pyridine rings is 1. The van der Waals surface area contributed by atoms with Crippen molar-refractivity contribution < 1.29 is 24.5 Å². The summed E-state index contributed by atoms with van der Waals surface area (Å²) in [6.07, 6.45) is 1.76. The molecule has 0 fully saturated rings. The van der Waals surface area contributed by atoms with Gasteiger partial charge in [-0.2, -0.15) is 5.10 Å². The number of benzene rings is 1. The van der Waals surface area contributed by atoms with Crippen LogP contribution >= 0.6 is 0 Å². The first-order valence-corrected chi connectivity index (χ1v) is 9.11. The van der Waals surface area contributed by atoms with Crippen LogP contribution in [0.5, 0.6) is 5.75 Å². The molecule has 10 nitrogen and oxygen atoms in total. The minimum atomic E-state index is -1.26. The zero-order valence-corrected chi connectivity index (χ0v) is 15.7. The van der Waals surface area contributed by atoms with Gasteiger partial charge in [-0.25, -0.2) is 4.68 Å². The second-order valence-corrected chi connectivity index (χ2v) is 6.70. The molecule has 0 aliphatic carbocycles. The Morgan fingerprint density at radius 2 is 1.93 bits per heavy atom. The van der Waals surface area contributed by atoms with E-state index >= 15 is 0 Å². The third kappa shape index (κ3) is 3.55. The monoisotopic (exact) mass is 410 g/mol. The maximum Gasteiger partial charge on any atom is 0.322 e. The Morgan fingerprint density at radius 3 is 2.67 bits per heavy atom. The lowest BCUT2D eigenvalue weighted by Crippen LogP contribution is -2.37. The van der Waals surface area contributed by atoms with Gasteiger partial charge in [-0.3, -0.25) is 14.4 Å². The third-order valence-corrected chi connectivity index (χ3v) is 4.75. The summed E-state index contributed by atoms with van der Waals surface area (Å²) in [7, 11) is 0. The number of hydrogen-bond acceptors (Lipinski definition) is 6. The van der Waals surface area contributed by atoms with Crippen LogP contribution in [-0.4, -0.2) is 43.0 Å². The Labute approximate surface area is 170 Å². The zero-order valence-electron chi connectivity index (χ0n) is 15.7. The Morgan fingerprint density at radius 1 is 1.17 bits per heavy atom. The molecule has 0 atom stereocenters. The number of nitrogens with one attached hydrogen (secondary N) is 1. The van der Waals surface area contributed by atoms with Gasteiger partial charge in [0.2, 0.25) is 0 Å². The lowest BCUT2D eigenvalue weighted by atomic mass is 10.1. The van der Waals surface area contributed by atoms with E-state index in [0.717, 1.165) is 5.69 Å². The summed E-state index contributed by atoms with van der Waals surface area (Å²) in [5, 5.41) is 25.8. The fourth-order valence-electron chi connectivity index (χ4n) is 3.32. The smallest absolute Gasteiger partial charge is 0.322 e. The fourth-order valence-corrected chi connectivity index (χ4v) is 3.32. The maximum absolute atomic E-state index is 13.0. The van der Waals surface area contributed by atoms with Gasteiger partial charge >= 0.3 is 5.97 Å². The van der Waals surface area contributed by atoms with Crippen molar-refractivity contribution in [2.75, 3.05) is 6.54 Å². The Kier molecular flexibility index (Phi) is 5.07. The van der Waals surface area contributed by atoms with Gasteiger partial charge < -0.3 is 24.8 Å². The number of carboxylic acid groups (broad SMARTS) is 1. The second kappa shape index (κ2) is 7.84. The van der Waals surface area contributed by atoms with Crippen LogP contribution in [0.3, 0.4) is 0 Å². The quantitative estimate of drug-likeness (QED) is 0.542. The molecule has 10 heteroatoms. The summed E-state index contributed by atoms with van der Waals surface area (Å²) in [4.78, 5) is 36.1. The standard InChI is InChI=1S/C20H18N4O6/c25-16(26)8-21-19(28)17-18(27)14-10-30-11-15(14)23(20(17)29)9-12-6-7-24(22-12)13-4-2-1-3-5-13/h1-7,27H,8-11H2,(H,21,28)(H,25,26). The van der Waals surface area contributed by atoms with E-state index in [-0.39, 0.29) is 19.8 Å². The molecule has 30 heavy (non-hydrogen) atoms. The number of nitrogens with zero attached hydrogens (tertiary/aromatic N) is 3. The largest absolute Gasteiger partial charge is 0.506 e. The number of fused-ring (bicyclic) bond motifs is 1. The van der Waals surface area contributed by atoms with Crippen molar-refractivity contribution >= 4 is 11.9 Å². The number of aliphatic carboxylic acids is 1. The maximum atomic E-state index is 13.0. The van der Waals surface area contributed by atoms with Crippen molar-refractivity contribution in [1.82, 2.24) is 19.7 Å². The molecule has 0 spiro atoms. The van der Waals surface area contributed by atoms with Crippen LogP contribution in [0.1, 0.15) is 27.3 Å². The van der Waals surface area contributed by atoms with Crippen LogP contribution in [0.4, 0.5) is 0 Å². The highest BCUT2D eigenvalue weighted by Gasteiger charge is 2.29. The normalized spacial score (nSPS) is 12.5. The number of aromatic hydroxyl groups is 1. The molecular formula is C20H18N4O6. The van der Waals surface area contributed by atoms with Gasteiger partial charge in [0, 0.05) is 11.8 Å². The molecule has 0 saturated carbocycles. The van der Waals surface area contributed by atoms with Crippen LogP contribution in [0.25, 0.3) is 5.69 Å². The van der Waals surface area contributed by atoms with E-state index in [4.69, 9.17) is 9.84 Å². The molecule has 3 heterocycles. The number of ether oxygens (including phenoxy) is 1. The molecule has 0 unspecified atom stereocenters. The number of aromatic nitrogens is 3. The Bertz CT molecular complexity index is 1180. The van der Waals surface area contributed by atoms with Crippen molar-refractivity contribution in [3.8, 4) is 11.4 Å². The Hall–Kier alpha value is -3.92. The minimum absolute atomic E-state index is 0.0408. The van der Waals surface area contributed by atoms with E-state index in [1.54, 1.807) is 16.9 Å². The van der Waals surface area contributed by atoms with Crippen molar-refractivity contribution in [3.05, 3.63) is 75.5 Å². The number of amides is 1.